The first-order valence-corrected chi connectivity index (χ1v) is 10.1. The average molecular weight is 393 g/mol. The van der Waals surface area contributed by atoms with Crippen LogP contribution in [-0.4, -0.2) is 68.6 Å². The van der Waals surface area contributed by atoms with Crippen LogP contribution in [0.1, 0.15) is 31.2 Å². The Morgan fingerprint density at radius 3 is 2.60 bits per heavy atom. The fourth-order valence-corrected chi connectivity index (χ4v) is 5.62. The molecule has 1 unspecified atom stereocenters. The molecule has 0 bridgehead atoms. The van der Waals surface area contributed by atoms with Gasteiger partial charge in [-0.2, -0.15) is 4.31 Å². The van der Waals surface area contributed by atoms with Crippen molar-refractivity contribution in [1.29, 1.82) is 0 Å². The topological polar surface area (TPSA) is 78.7 Å². The number of hydrogen-bond donors (Lipinski definition) is 1. The zero-order valence-corrected chi connectivity index (χ0v) is 16.9. The van der Waals surface area contributed by atoms with Gasteiger partial charge in [-0.05, 0) is 45.2 Å². The molecular formula is C16H29ClN4O3S. The van der Waals surface area contributed by atoms with Crippen LogP contribution in [0.5, 0.6) is 0 Å². The molecule has 3 heterocycles. The van der Waals surface area contributed by atoms with Gasteiger partial charge in [0.1, 0.15) is 10.6 Å². The van der Waals surface area contributed by atoms with Crippen molar-refractivity contribution in [1.82, 2.24) is 19.7 Å². The summed E-state index contributed by atoms with van der Waals surface area (Å²) in [5.74, 6) is 0.373. The summed E-state index contributed by atoms with van der Waals surface area (Å²) in [4.78, 5) is 2.65. The average Bonchev–Trinajstić information content (AvgIpc) is 2.99. The number of sulfonamides is 1. The molecule has 9 heteroatoms. The Hall–Kier alpha value is -0.670. The summed E-state index contributed by atoms with van der Waals surface area (Å²) >= 11 is 0. The van der Waals surface area contributed by atoms with Gasteiger partial charge in [0.2, 0.25) is 10.0 Å². The van der Waals surface area contributed by atoms with E-state index in [0.29, 0.717) is 30.0 Å². The fraction of sp³-hybridized carbons (Fsp3) is 0.812. The van der Waals surface area contributed by atoms with Crippen LogP contribution >= 0.6 is 12.4 Å². The van der Waals surface area contributed by atoms with E-state index in [9.17, 15) is 8.42 Å². The van der Waals surface area contributed by atoms with E-state index in [0.717, 1.165) is 39.1 Å². The lowest BCUT2D eigenvalue weighted by Crippen LogP contribution is -2.40. The van der Waals surface area contributed by atoms with Crippen molar-refractivity contribution < 1.29 is 12.9 Å². The highest BCUT2D eigenvalue weighted by Crippen LogP contribution is 2.27. The molecule has 2 aliphatic heterocycles. The van der Waals surface area contributed by atoms with Crippen molar-refractivity contribution >= 4 is 22.4 Å². The molecule has 144 valence electrons. The number of hydrogen-bond acceptors (Lipinski definition) is 6. The third-order valence-electron chi connectivity index (χ3n) is 5.18. The number of rotatable bonds is 4. The number of aromatic nitrogens is 1. The Labute approximate surface area is 156 Å². The predicted molar refractivity (Wildman–Crippen MR) is 98.6 cm³/mol. The first-order chi connectivity index (χ1) is 11.3. The van der Waals surface area contributed by atoms with Crippen LogP contribution in [-0.2, 0) is 10.0 Å². The maximum atomic E-state index is 13.0. The highest BCUT2D eigenvalue weighted by atomic mass is 35.5. The molecule has 1 atom stereocenters. The molecule has 1 aromatic heterocycles. The molecule has 2 saturated heterocycles. The molecule has 0 radical (unpaired) electrons. The van der Waals surface area contributed by atoms with Crippen LogP contribution in [0.3, 0.4) is 0 Å². The molecule has 1 N–H and O–H groups in total. The molecule has 1 aromatic rings. The van der Waals surface area contributed by atoms with Crippen LogP contribution in [0.4, 0.5) is 0 Å². The molecular weight excluding hydrogens is 364 g/mol. The molecule has 25 heavy (non-hydrogen) atoms. The number of aryl methyl sites for hydroxylation is 2. The van der Waals surface area contributed by atoms with Crippen LogP contribution in [0.2, 0.25) is 0 Å². The molecule has 2 fully saturated rings. The van der Waals surface area contributed by atoms with Gasteiger partial charge in [0, 0.05) is 32.7 Å². The van der Waals surface area contributed by atoms with Crippen molar-refractivity contribution in [2.75, 3.05) is 45.8 Å². The number of nitrogens with one attached hydrogen (secondary N) is 1. The highest BCUT2D eigenvalue weighted by Gasteiger charge is 2.34. The molecule has 3 rings (SSSR count). The van der Waals surface area contributed by atoms with Crippen molar-refractivity contribution in [2.24, 2.45) is 5.41 Å². The molecule has 0 aliphatic carbocycles. The number of halogens is 1. The minimum absolute atomic E-state index is 0. The van der Waals surface area contributed by atoms with Crippen LogP contribution < -0.4 is 5.32 Å². The summed E-state index contributed by atoms with van der Waals surface area (Å²) in [6.07, 6.45) is 2.04. The van der Waals surface area contributed by atoms with E-state index in [1.807, 2.05) is 0 Å². The first kappa shape index (κ1) is 20.6. The molecule has 0 amide bonds. The Bertz CT molecular complexity index is 666. The van der Waals surface area contributed by atoms with Gasteiger partial charge in [0.05, 0.1) is 0 Å². The third kappa shape index (κ3) is 4.36. The van der Waals surface area contributed by atoms with Gasteiger partial charge in [-0.25, -0.2) is 8.42 Å². The monoisotopic (exact) mass is 392 g/mol. The van der Waals surface area contributed by atoms with Gasteiger partial charge in [0.15, 0.2) is 5.76 Å². The standard InChI is InChI=1S/C16H28N4O3S.ClH/c1-13-15(14(2)23-18-13)24(21,22)20-8-4-7-19(9-10-20)12-16(3)5-6-17-11-16;/h17H,4-12H2,1-3H3;1H. The van der Waals surface area contributed by atoms with Gasteiger partial charge in [0.25, 0.3) is 0 Å². The van der Waals surface area contributed by atoms with Gasteiger partial charge in [-0.1, -0.05) is 12.1 Å². The van der Waals surface area contributed by atoms with Gasteiger partial charge in [-0.15, -0.1) is 12.4 Å². The molecule has 0 spiro atoms. The second-order valence-corrected chi connectivity index (χ2v) is 9.30. The van der Waals surface area contributed by atoms with E-state index in [4.69, 9.17) is 4.52 Å². The van der Waals surface area contributed by atoms with E-state index < -0.39 is 10.0 Å². The zero-order chi connectivity index (χ0) is 17.4. The maximum absolute atomic E-state index is 13.0. The Kier molecular flexibility index (Phi) is 6.54. The predicted octanol–water partition coefficient (Wildman–Crippen LogP) is 1.41. The third-order valence-corrected chi connectivity index (χ3v) is 7.32. The van der Waals surface area contributed by atoms with Gasteiger partial charge in [-0.3, -0.25) is 0 Å². The lowest BCUT2D eigenvalue weighted by atomic mass is 9.89. The molecule has 0 saturated carbocycles. The van der Waals surface area contributed by atoms with Crippen molar-refractivity contribution in [3.8, 4) is 0 Å². The SMILES string of the molecule is Cc1noc(C)c1S(=O)(=O)N1CCCN(CC2(C)CCNC2)CC1.Cl. The fourth-order valence-electron chi connectivity index (χ4n) is 3.86. The van der Waals surface area contributed by atoms with Gasteiger partial charge >= 0.3 is 0 Å². The largest absolute Gasteiger partial charge is 0.360 e. The van der Waals surface area contributed by atoms with Crippen LogP contribution in [0.25, 0.3) is 0 Å². The molecule has 0 aromatic carbocycles. The van der Waals surface area contributed by atoms with Crippen molar-refractivity contribution in [3.05, 3.63) is 11.5 Å². The second-order valence-electron chi connectivity index (χ2n) is 7.42. The van der Waals surface area contributed by atoms with Gasteiger partial charge < -0.3 is 14.7 Å². The Morgan fingerprint density at radius 2 is 2.00 bits per heavy atom. The zero-order valence-electron chi connectivity index (χ0n) is 15.2. The summed E-state index contributed by atoms with van der Waals surface area (Å²) in [5.41, 5.74) is 0.744. The summed E-state index contributed by atoms with van der Waals surface area (Å²) in [5, 5.41) is 7.23. The van der Waals surface area contributed by atoms with E-state index in [1.54, 1.807) is 18.2 Å². The summed E-state index contributed by atoms with van der Waals surface area (Å²) in [6, 6.07) is 0. The van der Waals surface area contributed by atoms with Crippen LogP contribution in [0, 0.1) is 19.3 Å². The molecule has 7 nitrogen and oxygen atoms in total. The summed E-state index contributed by atoms with van der Waals surface area (Å²) < 4.78 is 32.6. The minimum atomic E-state index is -3.53. The lowest BCUT2D eigenvalue weighted by molar-refractivity contribution is 0.184. The summed E-state index contributed by atoms with van der Waals surface area (Å²) in [7, 11) is -3.53. The van der Waals surface area contributed by atoms with Crippen LogP contribution in [0.15, 0.2) is 9.42 Å². The van der Waals surface area contributed by atoms with E-state index >= 15 is 0 Å². The van der Waals surface area contributed by atoms with E-state index in [2.05, 4.69) is 22.3 Å². The molecule has 2 aliphatic rings. The minimum Gasteiger partial charge on any atom is -0.360 e. The Morgan fingerprint density at radius 1 is 1.24 bits per heavy atom. The van der Waals surface area contributed by atoms with E-state index in [-0.39, 0.29) is 17.3 Å². The summed E-state index contributed by atoms with van der Waals surface area (Å²) in [6.45, 7) is 11.6. The normalized spacial score (nSPS) is 26.4. The quantitative estimate of drug-likeness (QED) is 0.834. The highest BCUT2D eigenvalue weighted by molar-refractivity contribution is 7.89. The lowest BCUT2D eigenvalue weighted by Gasteiger charge is -2.31. The van der Waals surface area contributed by atoms with E-state index in [1.165, 1.54) is 6.42 Å². The smallest absolute Gasteiger partial charge is 0.248 e. The first-order valence-electron chi connectivity index (χ1n) is 8.68. The maximum Gasteiger partial charge on any atom is 0.248 e. The second kappa shape index (κ2) is 7.92. The van der Waals surface area contributed by atoms with Crippen molar-refractivity contribution in [2.45, 2.75) is 38.5 Å². The van der Waals surface area contributed by atoms with Crippen molar-refractivity contribution in [3.63, 3.8) is 0 Å². The Balaban J connectivity index is 0.00000225. The number of nitrogens with zero attached hydrogens (tertiary/aromatic N) is 3.